The van der Waals surface area contributed by atoms with E-state index < -0.39 is 0 Å². The minimum absolute atomic E-state index is 0.242. The molecule has 0 spiro atoms. The van der Waals surface area contributed by atoms with Gasteiger partial charge in [-0.3, -0.25) is 0 Å². The van der Waals surface area contributed by atoms with E-state index >= 15 is 0 Å². The Morgan fingerprint density at radius 1 is 0.818 bits per heavy atom. The monoisotopic (exact) mass is 326 g/mol. The largest absolute Gasteiger partial charge is 0.120 e. The van der Waals surface area contributed by atoms with Crippen LogP contribution >= 0.6 is 23.5 Å². The average Bonchev–Trinajstić information content (AvgIpc) is 2.56. The molecule has 0 aliphatic rings. The van der Waals surface area contributed by atoms with E-state index in [0.717, 1.165) is 6.42 Å². The van der Waals surface area contributed by atoms with Crippen molar-refractivity contribution in [3.8, 4) is 11.8 Å². The van der Waals surface area contributed by atoms with Crippen LogP contribution in [0.25, 0.3) is 0 Å². The van der Waals surface area contributed by atoms with Gasteiger partial charge in [0.25, 0.3) is 0 Å². The molecule has 0 aromatic heterocycles. The SMILES string of the molecule is CCCCCC#CC(Sc1ccccc1)Sc1ccccc1. The fourth-order valence-corrected chi connectivity index (χ4v) is 4.21. The maximum atomic E-state index is 3.45. The zero-order valence-electron chi connectivity index (χ0n) is 13.0. The minimum atomic E-state index is 0.242. The minimum Gasteiger partial charge on any atom is -0.101 e. The first-order valence-electron chi connectivity index (χ1n) is 7.80. The van der Waals surface area contributed by atoms with E-state index in [1.54, 1.807) is 0 Å². The number of hydrogen-bond donors (Lipinski definition) is 0. The number of rotatable bonds is 7. The second kappa shape index (κ2) is 10.4. The van der Waals surface area contributed by atoms with Gasteiger partial charge in [-0.05, 0) is 30.7 Å². The molecule has 0 aliphatic carbocycles. The van der Waals surface area contributed by atoms with Crippen molar-refractivity contribution in [2.45, 2.75) is 47.0 Å². The normalized spacial score (nSPS) is 10.3. The first-order valence-corrected chi connectivity index (χ1v) is 9.56. The summed E-state index contributed by atoms with van der Waals surface area (Å²) in [6.45, 7) is 2.23. The summed E-state index contributed by atoms with van der Waals surface area (Å²) < 4.78 is 0.242. The number of unbranched alkanes of at least 4 members (excludes halogenated alkanes) is 3. The lowest BCUT2D eigenvalue weighted by molar-refractivity contribution is 0.737. The summed E-state index contributed by atoms with van der Waals surface area (Å²) in [7, 11) is 0. The Balaban J connectivity index is 2.00. The third-order valence-corrected chi connectivity index (χ3v) is 5.43. The summed E-state index contributed by atoms with van der Waals surface area (Å²) >= 11 is 3.67. The molecule has 2 heteroatoms. The van der Waals surface area contributed by atoms with Crippen molar-refractivity contribution >= 4 is 23.5 Å². The number of thioether (sulfide) groups is 2. The van der Waals surface area contributed by atoms with Crippen LogP contribution in [0, 0.1) is 11.8 Å². The van der Waals surface area contributed by atoms with Gasteiger partial charge >= 0.3 is 0 Å². The molecule has 2 rings (SSSR count). The Kier molecular flexibility index (Phi) is 8.09. The van der Waals surface area contributed by atoms with E-state index in [-0.39, 0.29) is 4.58 Å². The summed E-state index contributed by atoms with van der Waals surface area (Å²) in [5.74, 6) is 6.82. The molecule has 22 heavy (non-hydrogen) atoms. The van der Waals surface area contributed by atoms with E-state index in [2.05, 4.69) is 79.4 Å². The molecule has 0 heterocycles. The van der Waals surface area contributed by atoms with Crippen LogP contribution in [0.1, 0.15) is 32.6 Å². The van der Waals surface area contributed by atoms with Crippen molar-refractivity contribution in [3.63, 3.8) is 0 Å². The smallest absolute Gasteiger partial charge is 0.101 e. The molecule has 0 aliphatic heterocycles. The van der Waals surface area contributed by atoms with Crippen LogP contribution in [-0.4, -0.2) is 4.58 Å². The molecule has 0 fully saturated rings. The highest BCUT2D eigenvalue weighted by Gasteiger charge is 2.09. The second-order valence-corrected chi connectivity index (χ2v) is 7.63. The Bertz CT molecular complexity index is 540. The van der Waals surface area contributed by atoms with Crippen molar-refractivity contribution in [2.75, 3.05) is 0 Å². The standard InChI is InChI=1S/C20H22S2/c1-2-3-4-5-12-17-20(21-18-13-8-6-9-14-18)22-19-15-10-7-11-16-19/h6-11,13-16,20H,2-5H2,1H3. The predicted octanol–water partition coefficient (Wildman–Crippen LogP) is 6.48. The Morgan fingerprint density at radius 2 is 1.36 bits per heavy atom. The van der Waals surface area contributed by atoms with Gasteiger partial charge in [-0.25, -0.2) is 0 Å². The Labute approximate surface area is 143 Å². The highest BCUT2D eigenvalue weighted by atomic mass is 32.2. The molecule has 0 saturated heterocycles. The molecule has 0 amide bonds. The molecule has 0 atom stereocenters. The van der Waals surface area contributed by atoms with Gasteiger partial charge in [-0.1, -0.05) is 85.6 Å². The zero-order chi connectivity index (χ0) is 15.5. The van der Waals surface area contributed by atoms with Crippen molar-refractivity contribution in [1.29, 1.82) is 0 Å². The van der Waals surface area contributed by atoms with Crippen LogP contribution in [0.15, 0.2) is 70.5 Å². The predicted molar refractivity (Wildman–Crippen MR) is 100 cm³/mol. The van der Waals surface area contributed by atoms with Gasteiger partial charge < -0.3 is 0 Å². The van der Waals surface area contributed by atoms with Crippen molar-refractivity contribution in [2.24, 2.45) is 0 Å². The van der Waals surface area contributed by atoms with Gasteiger partial charge in [-0.15, -0.1) is 5.92 Å². The summed E-state index contributed by atoms with van der Waals surface area (Å²) in [5.41, 5.74) is 0. The fraction of sp³-hybridized carbons (Fsp3) is 0.300. The molecule has 0 N–H and O–H groups in total. The molecule has 0 unspecified atom stereocenters. The molecule has 0 bridgehead atoms. The quantitative estimate of drug-likeness (QED) is 0.247. The maximum Gasteiger partial charge on any atom is 0.120 e. The Hall–Kier alpha value is -1.30. The van der Waals surface area contributed by atoms with Gasteiger partial charge in [0.05, 0.1) is 0 Å². The van der Waals surface area contributed by atoms with E-state index in [4.69, 9.17) is 0 Å². The topological polar surface area (TPSA) is 0 Å². The van der Waals surface area contributed by atoms with Gasteiger partial charge in [0, 0.05) is 16.2 Å². The maximum absolute atomic E-state index is 3.45. The molecule has 2 aromatic carbocycles. The molecule has 0 saturated carbocycles. The lowest BCUT2D eigenvalue weighted by atomic mass is 10.2. The van der Waals surface area contributed by atoms with Crippen molar-refractivity contribution in [3.05, 3.63) is 60.7 Å². The third-order valence-electron chi connectivity index (χ3n) is 3.10. The summed E-state index contributed by atoms with van der Waals surface area (Å²) in [5, 5.41) is 0. The van der Waals surface area contributed by atoms with Gasteiger partial charge in [-0.2, -0.15) is 0 Å². The lowest BCUT2D eigenvalue weighted by Crippen LogP contribution is -1.92. The van der Waals surface area contributed by atoms with Crippen LogP contribution in [0.4, 0.5) is 0 Å². The van der Waals surface area contributed by atoms with Crippen LogP contribution < -0.4 is 0 Å². The lowest BCUT2D eigenvalue weighted by Gasteiger charge is -2.10. The van der Waals surface area contributed by atoms with E-state index in [9.17, 15) is 0 Å². The van der Waals surface area contributed by atoms with E-state index in [0.29, 0.717) is 0 Å². The summed E-state index contributed by atoms with van der Waals surface area (Å²) in [4.78, 5) is 2.55. The van der Waals surface area contributed by atoms with Gasteiger partial charge in [0.2, 0.25) is 0 Å². The average molecular weight is 327 g/mol. The Morgan fingerprint density at radius 3 is 1.86 bits per heavy atom. The molecular weight excluding hydrogens is 304 g/mol. The van der Waals surface area contributed by atoms with Crippen LogP contribution in [0.5, 0.6) is 0 Å². The van der Waals surface area contributed by atoms with Crippen LogP contribution in [0.3, 0.4) is 0 Å². The summed E-state index contributed by atoms with van der Waals surface area (Å²) in [6.07, 6.45) is 4.75. The molecule has 0 radical (unpaired) electrons. The number of hydrogen-bond acceptors (Lipinski definition) is 2. The third kappa shape index (κ3) is 6.64. The second-order valence-electron chi connectivity index (χ2n) is 4.97. The molecular formula is C20H22S2. The first kappa shape index (κ1) is 17.1. The fourth-order valence-electron chi connectivity index (χ4n) is 1.95. The van der Waals surface area contributed by atoms with E-state index in [1.165, 1.54) is 29.1 Å². The number of benzene rings is 2. The van der Waals surface area contributed by atoms with Crippen LogP contribution in [-0.2, 0) is 0 Å². The highest BCUT2D eigenvalue weighted by Crippen LogP contribution is 2.34. The first-order chi connectivity index (χ1) is 10.9. The molecule has 2 aromatic rings. The molecule has 0 nitrogen and oxygen atoms in total. The zero-order valence-corrected chi connectivity index (χ0v) is 14.6. The van der Waals surface area contributed by atoms with E-state index in [1.807, 2.05) is 23.5 Å². The van der Waals surface area contributed by atoms with Crippen molar-refractivity contribution in [1.82, 2.24) is 0 Å². The highest BCUT2D eigenvalue weighted by molar-refractivity contribution is 8.17. The molecule has 114 valence electrons. The van der Waals surface area contributed by atoms with Gasteiger partial charge in [0.1, 0.15) is 4.58 Å². The van der Waals surface area contributed by atoms with Gasteiger partial charge in [0.15, 0.2) is 0 Å². The van der Waals surface area contributed by atoms with Crippen molar-refractivity contribution < 1.29 is 0 Å². The summed E-state index contributed by atoms with van der Waals surface area (Å²) in [6, 6.07) is 21.1. The van der Waals surface area contributed by atoms with Crippen LogP contribution in [0.2, 0.25) is 0 Å².